The number of hydrogen-bond acceptors (Lipinski definition) is 5. The number of rotatable bonds is 7. The van der Waals surface area contributed by atoms with Crippen LogP contribution in [0.4, 0.5) is 0 Å². The Labute approximate surface area is 195 Å². The Morgan fingerprint density at radius 1 is 1.24 bits per heavy atom. The topological polar surface area (TPSA) is 137 Å². The number of carbonyl (C=O) groups excluding carboxylic acids is 1. The normalized spacial score (nSPS) is 33.0. The number of nitrogens with zero attached hydrogens (tertiary/aromatic N) is 2. The van der Waals surface area contributed by atoms with Crippen molar-refractivity contribution in [2.75, 3.05) is 19.6 Å². The Balaban J connectivity index is 1.37. The van der Waals surface area contributed by atoms with Crippen LogP contribution < -0.4 is 16.8 Å². The number of aromatic hydroxyl groups is 1. The van der Waals surface area contributed by atoms with E-state index in [4.69, 9.17) is 11.5 Å². The van der Waals surface area contributed by atoms with Gasteiger partial charge in [-0.05, 0) is 87.1 Å². The van der Waals surface area contributed by atoms with Gasteiger partial charge in [0.05, 0.1) is 5.60 Å². The zero-order valence-electron chi connectivity index (χ0n) is 19.3. The molecular weight excluding hydrogens is 418 g/mol. The number of amides is 1. The molecule has 3 fully saturated rings. The van der Waals surface area contributed by atoms with Gasteiger partial charge in [0.15, 0.2) is 5.96 Å². The molecule has 8 heteroatoms. The molecule has 180 valence electrons. The summed E-state index contributed by atoms with van der Waals surface area (Å²) in [6.07, 6.45) is 7.37. The second-order valence-corrected chi connectivity index (χ2v) is 10.7. The molecule has 1 amide bonds. The fourth-order valence-electron chi connectivity index (χ4n) is 6.82. The molecule has 1 heterocycles. The fourth-order valence-corrected chi connectivity index (χ4v) is 6.82. The van der Waals surface area contributed by atoms with Crippen molar-refractivity contribution < 1.29 is 15.0 Å². The number of nitrogens with two attached hydrogens (primary N) is 2. The van der Waals surface area contributed by atoms with E-state index in [1.54, 1.807) is 6.07 Å². The van der Waals surface area contributed by atoms with Gasteiger partial charge in [0.2, 0.25) is 5.91 Å². The lowest BCUT2D eigenvalue weighted by Crippen LogP contribution is -2.74. The first-order chi connectivity index (χ1) is 15.8. The summed E-state index contributed by atoms with van der Waals surface area (Å²) in [5.74, 6) is 1.07. The van der Waals surface area contributed by atoms with Gasteiger partial charge >= 0.3 is 0 Å². The van der Waals surface area contributed by atoms with Crippen LogP contribution in [0, 0.1) is 5.92 Å². The van der Waals surface area contributed by atoms with Gasteiger partial charge < -0.3 is 27.0 Å². The summed E-state index contributed by atoms with van der Waals surface area (Å²) in [6.45, 7) is 2.47. The minimum Gasteiger partial charge on any atom is -0.508 e. The van der Waals surface area contributed by atoms with E-state index in [0.29, 0.717) is 32.2 Å². The maximum Gasteiger partial charge on any atom is 0.220 e. The molecule has 1 aromatic rings. The Hall–Kier alpha value is -2.32. The van der Waals surface area contributed by atoms with Crippen LogP contribution in [0.5, 0.6) is 5.75 Å². The van der Waals surface area contributed by atoms with E-state index in [0.717, 1.165) is 43.8 Å². The molecule has 4 atom stereocenters. The van der Waals surface area contributed by atoms with Gasteiger partial charge in [-0.1, -0.05) is 6.07 Å². The minimum absolute atomic E-state index is 0.00212. The van der Waals surface area contributed by atoms with Crippen LogP contribution in [0.25, 0.3) is 0 Å². The number of aliphatic imine (C=N–C) groups is 1. The molecule has 0 unspecified atom stereocenters. The van der Waals surface area contributed by atoms with E-state index in [2.05, 4.69) is 15.2 Å². The number of carbonyl (C=O) groups is 1. The van der Waals surface area contributed by atoms with Crippen molar-refractivity contribution in [1.29, 1.82) is 0 Å². The van der Waals surface area contributed by atoms with Crippen LogP contribution in [-0.4, -0.2) is 64.3 Å². The lowest BCUT2D eigenvalue weighted by Gasteiger charge is -2.65. The first-order valence-electron chi connectivity index (χ1n) is 12.4. The molecule has 5 rings (SSSR count). The molecule has 1 saturated heterocycles. The minimum atomic E-state index is -0.838. The van der Waals surface area contributed by atoms with Crippen LogP contribution in [0.2, 0.25) is 0 Å². The maximum absolute atomic E-state index is 12.6. The molecule has 0 spiro atoms. The number of piperidine rings is 1. The van der Waals surface area contributed by atoms with Gasteiger partial charge in [0, 0.05) is 37.0 Å². The number of phenols is 1. The molecule has 8 nitrogen and oxygen atoms in total. The van der Waals surface area contributed by atoms with E-state index in [9.17, 15) is 15.0 Å². The zero-order valence-corrected chi connectivity index (χ0v) is 19.3. The maximum atomic E-state index is 12.6. The average molecular weight is 456 g/mol. The molecule has 2 bridgehead atoms. The largest absolute Gasteiger partial charge is 0.508 e. The van der Waals surface area contributed by atoms with E-state index in [-0.39, 0.29) is 29.7 Å². The molecule has 3 aliphatic carbocycles. The number of hydrogen-bond donors (Lipinski definition) is 5. The lowest BCUT2D eigenvalue weighted by atomic mass is 9.49. The third kappa shape index (κ3) is 4.08. The van der Waals surface area contributed by atoms with E-state index in [1.165, 1.54) is 18.4 Å². The molecule has 1 aromatic carbocycles. The summed E-state index contributed by atoms with van der Waals surface area (Å²) in [4.78, 5) is 19.1. The third-order valence-electron chi connectivity index (χ3n) is 8.55. The fraction of sp³-hybridized carbons (Fsp3) is 0.680. The Morgan fingerprint density at radius 2 is 2.06 bits per heavy atom. The number of fused-ring (bicyclic) bond motifs is 1. The smallest absolute Gasteiger partial charge is 0.220 e. The Kier molecular flexibility index (Phi) is 5.77. The number of phenolic OH excluding ortho intramolecular Hbond substituents is 1. The quantitative estimate of drug-likeness (QED) is 0.237. The van der Waals surface area contributed by atoms with Crippen LogP contribution in [-0.2, 0) is 16.6 Å². The number of aliphatic hydroxyl groups is 1. The lowest BCUT2D eigenvalue weighted by molar-refractivity contribution is -0.171. The van der Waals surface area contributed by atoms with Crippen molar-refractivity contribution in [3.63, 3.8) is 0 Å². The van der Waals surface area contributed by atoms with Gasteiger partial charge in [-0.15, -0.1) is 0 Å². The predicted molar refractivity (Wildman–Crippen MR) is 127 cm³/mol. The van der Waals surface area contributed by atoms with Crippen LogP contribution in [0.1, 0.15) is 62.5 Å². The van der Waals surface area contributed by atoms with E-state index < -0.39 is 11.0 Å². The number of likely N-dealkylation sites (tertiary alicyclic amines) is 1. The molecule has 0 radical (unpaired) electrons. The zero-order chi connectivity index (χ0) is 23.2. The van der Waals surface area contributed by atoms with Crippen LogP contribution in [0.15, 0.2) is 23.2 Å². The van der Waals surface area contributed by atoms with Crippen molar-refractivity contribution in [3.05, 3.63) is 29.3 Å². The SMILES string of the molecule is NC(N)=NCCCC(=O)N[C@@H]1CC[C@@]2(O)[C@H]3Cc4ccc(O)cc4[C@@]2(CCN3CC2CC2)C1. The molecule has 2 saturated carbocycles. The first-order valence-corrected chi connectivity index (χ1v) is 12.4. The summed E-state index contributed by atoms with van der Waals surface area (Å²) in [6, 6.07) is 5.77. The number of guanidine groups is 1. The molecule has 4 aliphatic rings. The Morgan fingerprint density at radius 3 is 2.82 bits per heavy atom. The van der Waals surface area contributed by atoms with Gasteiger partial charge in [-0.3, -0.25) is 14.7 Å². The highest BCUT2D eigenvalue weighted by molar-refractivity contribution is 5.77. The Bertz CT molecular complexity index is 944. The summed E-state index contributed by atoms with van der Waals surface area (Å²) < 4.78 is 0. The van der Waals surface area contributed by atoms with Gasteiger partial charge in [-0.25, -0.2) is 0 Å². The van der Waals surface area contributed by atoms with Crippen LogP contribution in [0.3, 0.4) is 0 Å². The van der Waals surface area contributed by atoms with Crippen molar-refractivity contribution >= 4 is 11.9 Å². The monoisotopic (exact) mass is 455 g/mol. The molecule has 33 heavy (non-hydrogen) atoms. The highest BCUT2D eigenvalue weighted by atomic mass is 16.3. The highest BCUT2D eigenvalue weighted by Gasteiger charge is 2.64. The highest BCUT2D eigenvalue weighted by Crippen LogP contribution is 2.58. The van der Waals surface area contributed by atoms with Crippen molar-refractivity contribution in [1.82, 2.24) is 10.2 Å². The average Bonchev–Trinajstić information content (AvgIpc) is 3.58. The standard InChI is InChI=1S/C25H37N5O3/c26-23(27)28-10-1-2-22(32)29-18-7-8-25(33)21-12-17-5-6-19(31)13-20(17)24(25,14-18)9-11-30(21)15-16-3-4-16/h5-6,13,16,18,21,31,33H,1-4,7-12,14-15H2,(H,29,32)(H4,26,27,28)/t18-,21-,24-,25-/m1/s1. The molecular formula is C25H37N5O3. The van der Waals surface area contributed by atoms with E-state index in [1.807, 2.05) is 12.1 Å². The molecule has 1 aliphatic heterocycles. The first kappa shape index (κ1) is 22.5. The van der Waals surface area contributed by atoms with Crippen LogP contribution >= 0.6 is 0 Å². The van der Waals surface area contributed by atoms with E-state index >= 15 is 0 Å². The molecule has 7 N–H and O–H groups in total. The summed E-state index contributed by atoms with van der Waals surface area (Å²) in [5, 5.41) is 25.8. The van der Waals surface area contributed by atoms with Gasteiger partial charge in [-0.2, -0.15) is 0 Å². The van der Waals surface area contributed by atoms with Crippen molar-refractivity contribution in [2.24, 2.45) is 22.4 Å². The summed E-state index contributed by atoms with van der Waals surface area (Å²) >= 11 is 0. The van der Waals surface area contributed by atoms with Crippen molar-refractivity contribution in [2.45, 2.75) is 80.9 Å². The second kappa shape index (κ2) is 8.47. The number of benzene rings is 1. The molecule has 0 aromatic heterocycles. The van der Waals surface area contributed by atoms with Crippen molar-refractivity contribution in [3.8, 4) is 5.75 Å². The predicted octanol–water partition coefficient (Wildman–Crippen LogP) is 1.12. The summed E-state index contributed by atoms with van der Waals surface area (Å²) in [7, 11) is 0. The number of nitrogens with one attached hydrogen (secondary N) is 1. The second-order valence-electron chi connectivity index (χ2n) is 10.7. The summed E-state index contributed by atoms with van der Waals surface area (Å²) in [5.41, 5.74) is 11.7. The van der Waals surface area contributed by atoms with Gasteiger partial charge in [0.25, 0.3) is 0 Å². The van der Waals surface area contributed by atoms with Gasteiger partial charge in [0.1, 0.15) is 5.75 Å². The third-order valence-corrected chi connectivity index (χ3v) is 8.55.